The molecule has 0 spiro atoms. The van der Waals surface area contributed by atoms with Crippen molar-refractivity contribution in [3.05, 3.63) is 28.8 Å². The Kier molecular flexibility index (Phi) is 2.86. The van der Waals surface area contributed by atoms with Crippen molar-refractivity contribution in [2.24, 2.45) is 0 Å². The minimum atomic E-state index is -0.0140. The van der Waals surface area contributed by atoms with E-state index in [1.54, 1.807) is 0 Å². The van der Waals surface area contributed by atoms with E-state index >= 15 is 0 Å². The molecular formula is C13H17NO2. The number of amides is 1. The Bertz CT molecular complexity index is 424. The van der Waals surface area contributed by atoms with Crippen LogP contribution >= 0.6 is 0 Å². The van der Waals surface area contributed by atoms with Crippen LogP contribution in [0.4, 0.5) is 0 Å². The third-order valence-corrected chi connectivity index (χ3v) is 2.87. The standard InChI is InChI=1S/C13H17NO2/c1-8(2)10-5-4-9(3)12-11(10)13(15)14-6-7-16-12/h4-5,8H,6-7H2,1-3H3,(H,14,15). The average molecular weight is 219 g/mol. The van der Waals surface area contributed by atoms with Crippen molar-refractivity contribution in [2.75, 3.05) is 13.2 Å². The number of nitrogens with one attached hydrogen (secondary N) is 1. The van der Waals surface area contributed by atoms with Crippen LogP contribution in [0.15, 0.2) is 12.1 Å². The molecule has 3 nitrogen and oxygen atoms in total. The summed E-state index contributed by atoms with van der Waals surface area (Å²) in [4.78, 5) is 12.0. The normalized spacial score (nSPS) is 15.1. The average Bonchev–Trinajstić information content (AvgIpc) is 2.42. The van der Waals surface area contributed by atoms with Crippen LogP contribution in [-0.2, 0) is 0 Å². The predicted molar refractivity (Wildman–Crippen MR) is 63.1 cm³/mol. The molecule has 0 aliphatic carbocycles. The van der Waals surface area contributed by atoms with Crippen molar-refractivity contribution in [3.8, 4) is 5.75 Å². The molecule has 1 N–H and O–H groups in total. The smallest absolute Gasteiger partial charge is 0.255 e. The minimum Gasteiger partial charge on any atom is -0.491 e. The van der Waals surface area contributed by atoms with Gasteiger partial charge in [-0.2, -0.15) is 0 Å². The van der Waals surface area contributed by atoms with Crippen molar-refractivity contribution in [1.29, 1.82) is 0 Å². The molecular weight excluding hydrogens is 202 g/mol. The van der Waals surface area contributed by atoms with E-state index in [2.05, 4.69) is 19.2 Å². The van der Waals surface area contributed by atoms with Crippen LogP contribution in [-0.4, -0.2) is 19.1 Å². The van der Waals surface area contributed by atoms with E-state index in [1.807, 2.05) is 19.1 Å². The van der Waals surface area contributed by atoms with Gasteiger partial charge < -0.3 is 10.1 Å². The summed E-state index contributed by atoms with van der Waals surface area (Å²) in [5, 5.41) is 2.86. The number of hydrogen-bond acceptors (Lipinski definition) is 2. The highest BCUT2D eigenvalue weighted by atomic mass is 16.5. The highest BCUT2D eigenvalue weighted by Crippen LogP contribution is 2.32. The summed E-state index contributed by atoms with van der Waals surface area (Å²) in [5.74, 6) is 1.06. The summed E-state index contributed by atoms with van der Waals surface area (Å²) in [7, 11) is 0. The molecule has 0 bridgehead atoms. The van der Waals surface area contributed by atoms with Gasteiger partial charge in [0.2, 0.25) is 0 Å². The fourth-order valence-electron chi connectivity index (χ4n) is 2.01. The molecule has 1 aromatic carbocycles. The van der Waals surface area contributed by atoms with Gasteiger partial charge in [-0.05, 0) is 24.0 Å². The largest absolute Gasteiger partial charge is 0.491 e. The zero-order chi connectivity index (χ0) is 11.7. The molecule has 0 saturated carbocycles. The maximum atomic E-state index is 12.0. The molecule has 86 valence electrons. The number of aryl methyl sites for hydroxylation is 1. The Balaban J connectivity index is 2.63. The van der Waals surface area contributed by atoms with Crippen molar-refractivity contribution < 1.29 is 9.53 Å². The van der Waals surface area contributed by atoms with Gasteiger partial charge in [0, 0.05) is 0 Å². The molecule has 0 fully saturated rings. The fourth-order valence-corrected chi connectivity index (χ4v) is 2.01. The molecule has 2 rings (SSSR count). The summed E-state index contributed by atoms with van der Waals surface area (Å²) in [6.07, 6.45) is 0. The molecule has 3 heteroatoms. The van der Waals surface area contributed by atoms with Crippen LogP contribution < -0.4 is 10.1 Å². The zero-order valence-corrected chi connectivity index (χ0v) is 9.96. The highest BCUT2D eigenvalue weighted by molar-refractivity contribution is 5.99. The molecule has 1 heterocycles. The highest BCUT2D eigenvalue weighted by Gasteiger charge is 2.23. The maximum Gasteiger partial charge on any atom is 0.255 e. The number of hydrogen-bond donors (Lipinski definition) is 1. The van der Waals surface area contributed by atoms with Crippen LogP contribution in [0.1, 0.15) is 41.3 Å². The fraction of sp³-hybridized carbons (Fsp3) is 0.462. The second-order valence-corrected chi connectivity index (χ2v) is 4.43. The van der Waals surface area contributed by atoms with E-state index in [4.69, 9.17) is 4.74 Å². The van der Waals surface area contributed by atoms with Crippen LogP contribution in [0.5, 0.6) is 5.75 Å². The summed E-state index contributed by atoms with van der Waals surface area (Å²) in [6.45, 7) is 7.26. The number of fused-ring (bicyclic) bond motifs is 1. The first-order chi connectivity index (χ1) is 7.61. The van der Waals surface area contributed by atoms with Gasteiger partial charge in [0.15, 0.2) is 0 Å². The third kappa shape index (κ3) is 1.77. The minimum absolute atomic E-state index is 0.0140. The molecule has 1 aliphatic rings. The van der Waals surface area contributed by atoms with Gasteiger partial charge in [-0.15, -0.1) is 0 Å². The molecule has 1 amide bonds. The second kappa shape index (κ2) is 4.16. The summed E-state index contributed by atoms with van der Waals surface area (Å²) >= 11 is 0. The first-order valence-corrected chi connectivity index (χ1v) is 5.65. The van der Waals surface area contributed by atoms with Gasteiger partial charge in [0.1, 0.15) is 12.4 Å². The van der Waals surface area contributed by atoms with Gasteiger partial charge in [-0.3, -0.25) is 4.79 Å². The summed E-state index contributed by atoms with van der Waals surface area (Å²) in [6, 6.07) is 4.04. The van der Waals surface area contributed by atoms with E-state index in [0.29, 0.717) is 24.6 Å². The zero-order valence-electron chi connectivity index (χ0n) is 9.96. The Morgan fingerprint density at radius 2 is 2.12 bits per heavy atom. The van der Waals surface area contributed by atoms with Crippen molar-refractivity contribution >= 4 is 5.91 Å². The summed E-state index contributed by atoms with van der Waals surface area (Å²) < 4.78 is 5.66. The van der Waals surface area contributed by atoms with E-state index in [9.17, 15) is 4.79 Å². The molecule has 0 atom stereocenters. The van der Waals surface area contributed by atoms with E-state index in [-0.39, 0.29) is 5.91 Å². The number of rotatable bonds is 1. The summed E-state index contributed by atoms with van der Waals surface area (Å²) in [5.41, 5.74) is 2.80. The first kappa shape index (κ1) is 11.0. The van der Waals surface area contributed by atoms with Crippen LogP contribution in [0, 0.1) is 6.92 Å². The lowest BCUT2D eigenvalue weighted by Crippen LogP contribution is -2.25. The molecule has 1 aromatic rings. The van der Waals surface area contributed by atoms with Crippen LogP contribution in [0.3, 0.4) is 0 Å². The first-order valence-electron chi connectivity index (χ1n) is 5.65. The Morgan fingerprint density at radius 1 is 1.38 bits per heavy atom. The lowest BCUT2D eigenvalue weighted by Gasteiger charge is -2.15. The van der Waals surface area contributed by atoms with Crippen LogP contribution in [0.25, 0.3) is 0 Å². The van der Waals surface area contributed by atoms with Crippen molar-refractivity contribution in [2.45, 2.75) is 26.7 Å². The number of ether oxygens (including phenoxy) is 1. The van der Waals surface area contributed by atoms with Gasteiger partial charge in [-0.1, -0.05) is 26.0 Å². The molecule has 0 unspecified atom stereocenters. The maximum absolute atomic E-state index is 12.0. The monoisotopic (exact) mass is 219 g/mol. The lowest BCUT2D eigenvalue weighted by molar-refractivity contribution is 0.0956. The third-order valence-electron chi connectivity index (χ3n) is 2.87. The van der Waals surface area contributed by atoms with Gasteiger partial charge in [0.25, 0.3) is 5.91 Å². The van der Waals surface area contributed by atoms with Crippen molar-refractivity contribution in [3.63, 3.8) is 0 Å². The second-order valence-electron chi connectivity index (χ2n) is 4.43. The SMILES string of the molecule is Cc1ccc(C(C)C)c2c1OCCNC2=O. The molecule has 16 heavy (non-hydrogen) atoms. The number of carbonyl (C=O) groups is 1. The molecule has 0 saturated heterocycles. The van der Waals surface area contributed by atoms with E-state index < -0.39 is 0 Å². The Hall–Kier alpha value is -1.51. The van der Waals surface area contributed by atoms with E-state index in [1.165, 1.54) is 0 Å². The lowest BCUT2D eigenvalue weighted by atomic mass is 9.94. The Morgan fingerprint density at radius 3 is 2.81 bits per heavy atom. The predicted octanol–water partition coefficient (Wildman–Crippen LogP) is 2.24. The number of carbonyl (C=O) groups excluding carboxylic acids is 1. The van der Waals surface area contributed by atoms with Crippen molar-refractivity contribution in [1.82, 2.24) is 5.32 Å². The van der Waals surface area contributed by atoms with Gasteiger partial charge in [-0.25, -0.2) is 0 Å². The molecule has 1 aliphatic heterocycles. The van der Waals surface area contributed by atoms with E-state index in [0.717, 1.165) is 16.9 Å². The molecule has 0 radical (unpaired) electrons. The van der Waals surface area contributed by atoms with Gasteiger partial charge >= 0.3 is 0 Å². The van der Waals surface area contributed by atoms with Crippen LogP contribution in [0.2, 0.25) is 0 Å². The topological polar surface area (TPSA) is 38.3 Å². The number of benzene rings is 1. The quantitative estimate of drug-likeness (QED) is 0.786. The Labute approximate surface area is 95.8 Å². The van der Waals surface area contributed by atoms with Gasteiger partial charge in [0.05, 0.1) is 12.1 Å². The molecule has 0 aromatic heterocycles.